The molecular weight excluding hydrogens is 357 g/mol. The minimum atomic E-state index is -4.14. The van der Waals surface area contributed by atoms with E-state index >= 15 is 0 Å². The second-order valence-electron chi connectivity index (χ2n) is 5.93. The largest absolute Gasteiger partial charge is 0.481 e. The summed E-state index contributed by atoms with van der Waals surface area (Å²) in [5.74, 6) is -2.05. The molecule has 0 spiro atoms. The Hall–Kier alpha value is -2.80. The molecule has 0 amide bonds. The number of carboxylic acids is 1. The Morgan fingerprint density at radius 1 is 1.23 bits per heavy atom. The maximum atomic E-state index is 14.5. The van der Waals surface area contributed by atoms with Crippen molar-refractivity contribution in [3.63, 3.8) is 0 Å². The Balaban J connectivity index is 2.23. The third-order valence-corrected chi connectivity index (χ3v) is 5.57. The van der Waals surface area contributed by atoms with Crippen LogP contribution in [0.4, 0.5) is 4.39 Å². The van der Waals surface area contributed by atoms with Crippen LogP contribution in [-0.2, 0) is 14.6 Å². The average molecular weight is 373 g/mol. The minimum absolute atomic E-state index is 0.0672. The van der Waals surface area contributed by atoms with Crippen molar-refractivity contribution in [3.05, 3.63) is 69.8 Å². The van der Waals surface area contributed by atoms with E-state index in [4.69, 9.17) is 5.11 Å². The van der Waals surface area contributed by atoms with Crippen LogP contribution in [0.25, 0.3) is 11.6 Å². The zero-order chi connectivity index (χ0) is 18.9. The van der Waals surface area contributed by atoms with E-state index in [-0.39, 0.29) is 5.22 Å². The first kappa shape index (κ1) is 18.0. The highest BCUT2D eigenvalue weighted by atomic mass is 32.2. The van der Waals surface area contributed by atoms with Gasteiger partial charge in [0, 0.05) is 10.6 Å². The van der Waals surface area contributed by atoms with Crippen LogP contribution in [0.1, 0.15) is 18.9 Å². The van der Waals surface area contributed by atoms with Gasteiger partial charge in [-0.15, -0.1) is 0 Å². The maximum Gasteiger partial charge on any atom is 0.307 e. The number of hydrogen-bond donors (Lipinski definition) is 1. The zero-order valence-electron chi connectivity index (χ0n) is 13.9. The fraction of sp³-hybridized carbons (Fsp3) is 0.158. The molecule has 134 valence electrons. The molecule has 0 saturated heterocycles. The quantitative estimate of drug-likeness (QED) is 0.868. The van der Waals surface area contributed by atoms with Gasteiger partial charge in [-0.3, -0.25) is 9.79 Å². The summed E-state index contributed by atoms with van der Waals surface area (Å²) in [6, 6.07) is 10.6. The Kier molecular flexibility index (Phi) is 4.73. The molecule has 2 aromatic carbocycles. The summed E-state index contributed by atoms with van der Waals surface area (Å²) < 4.78 is 40.1. The highest BCUT2D eigenvalue weighted by molar-refractivity contribution is 7.94. The molecule has 0 radical (unpaired) electrons. The molecule has 0 aromatic heterocycles. The Bertz CT molecular complexity index is 1120. The average Bonchev–Trinajstić information content (AvgIpc) is 2.89. The number of hydrogen-bond acceptors (Lipinski definition) is 4. The van der Waals surface area contributed by atoms with Crippen LogP contribution in [0.5, 0.6) is 0 Å². The number of nitrogens with zero attached hydrogens (tertiary/aromatic N) is 1. The molecular formula is C19H16FNO4S. The first-order valence-corrected chi connectivity index (χ1v) is 9.43. The summed E-state index contributed by atoms with van der Waals surface area (Å²) in [5, 5.41) is 10.4. The number of aliphatic carboxylic acids is 1. The number of carbonyl (C=O) groups is 1. The summed E-state index contributed by atoms with van der Waals surface area (Å²) in [5.41, 5.74) is 0.940. The molecule has 1 aliphatic heterocycles. The van der Waals surface area contributed by atoms with E-state index in [0.29, 0.717) is 16.5 Å². The van der Waals surface area contributed by atoms with Crippen molar-refractivity contribution in [2.24, 2.45) is 4.99 Å². The van der Waals surface area contributed by atoms with Crippen molar-refractivity contribution < 1.29 is 22.7 Å². The number of halogens is 1. The van der Waals surface area contributed by atoms with Gasteiger partial charge in [0.1, 0.15) is 10.7 Å². The summed E-state index contributed by atoms with van der Waals surface area (Å²) in [6.07, 6.45) is 0.979. The van der Waals surface area contributed by atoms with Crippen molar-refractivity contribution in [2.45, 2.75) is 24.3 Å². The molecule has 1 unspecified atom stereocenters. The van der Waals surface area contributed by atoms with Gasteiger partial charge in [-0.1, -0.05) is 30.3 Å². The van der Waals surface area contributed by atoms with E-state index < -0.39 is 39.0 Å². The predicted octanol–water partition coefficient (Wildman–Crippen LogP) is 1.92. The Labute approximate surface area is 149 Å². The molecule has 3 rings (SSSR count). The second-order valence-corrected chi connectivity index (χ2v) is 7.70. The summed E-state index contributed by atoms with van der Waals surface area (Å²) in [7, 11) is -4.14. The third-order valence-electron chi connectivity index (χ3n) is 4.11. The highest BCUT2D eigenvalue weighted by Crippen LogP contribution is 2.19. The van der Waals surface area contributed by atoms with Gasteiger partial charge < -0.3 is 5.11 Å². The van der Waals surface area contributed by atoms with Crippen LogP contribution in [0, 0.1) is 5.82 Å². The molecule has 1 atom stereocenters. The zero-order valence-corrected chi connectivity index (χ0v) is 14.7. The Morgan fingerprint density at radius 2 is 1.92 bits per heavy atom. The third kappa shape index (κ3) is 3.43. The number of benzene rings is 2. The number of carboxylic acid groups (broad SMARTS) is 1. The van der Waals surface area contributed by atoms with Gasteiger partial charge in [0.25, 0.3) is 0 Å². The predicted molar refractivity (Wildman–Crippen MR) is 95.0 cm³/mol. The van der Waals surface area contributed by atoms with E-state index in [1.807, 2.05) is 0 Å². The number of sulfone groups is 1. The van der Waals surface area contributed by atoms with Crippen LogP contribution < -0.4 is 10.6 Å². The van der Waals surface area contributed by atoms with Gasteiger partial charge in [-0.2, -0.15) is 0 Å². The van der Waals surface area contributed by atoms with Crippen LogP contribution in [0.15, 0.2) is 57.8 Å². The van der Waals surface area contributed by atoms with Crippen LogP contribution in [-0.4, -0.2) is 25.5 Å². The van der Waals surface area contributed by atoms with E-state index in [2.05, 4.69) is 4.99 Å². The van der Waals surface area contributed by atoms with Crippen molar-refractivity contribution in [1.29, 1.82) is 0 Å². The molecule has 5 nitrogen and oxygen atoms in total. The van der Waals surface area contributed by atoms with Gasteiger partial charge in [-0.25, -0.2) is 12.8 Å². The standard InChI is InChI=1S/C19H16FNO4S/c1-12-14(11-17(22)23)18-16(21-12)8-7-15(20)19(18)26(24,25)10-9-13-5-3-2-4-6-13/h2-10,12H,11H2,1H3,(H,22,23). The molecule has 1 heterocycles. The minimum Gasteiger partial charge on any atom is -0.481 e. The van der Waals surface area contributed by atoms with Crippen LogP contribution in [0.2, 0.25) is 0 Å². The lowest BCUT2D eigenvalue weighted by atomic mass is 10.0. The first-order chi connectivity index (χ1) is 12.3. The number of fused-ring (bicyclic) bond motifs is 1. The molecule has 1 aliphatic rings. The number of rotatable bonds is 5. The smallest absolute Gasteiger partial charge is 0.307 e. The monoisotopic (exact) mass is 373 g/mol. The van der Waals surface area contributed by atoms with Gasteiger partial charge in [0.2, 0.25) is 9.84 Å². The maximum absolute atomic E-state index is 14.5. The fourth-order valence-electron chi connectivity index (χ4n) is 2.94. The van der Waals surface area contributed by atoms with E-state index in [9.17, 15) is 17.6 Å². The molecule has 0 bridgehead atoms. The molecule has 7 heteroatoms. The Morgan fingerprint density at radius 3 is 2.58 bits per heavy atom. The summed E-state index contributed by atoms with van der Waals surface area (Å²) in [6.45, 7) is 1.66. The normalized spacial score (nSPS) is 16.5. The van der Waals surface area contributed by atoms with E-state index in [1.165, 1.54) is 12.1 Å². The lowest BCUT2D eigenvalue weighted by Crippen LogP contribution is -2.31. The van der Waals surface area contributed by atoms with E-state index in [0.717, 1.165) is 11.5 Å². The van der Waals surface area contributed by atoms with Gasteiger partial charge >= 0.3 is 5.97 Å². The van der Waals surface area contributed by atoms with Crippen LogP contribution >= 0.6 is 0 Å². The summed E-state index contributed by atoms with van der Waals surface area (Å²) in [4.78, 5) is 14.9. The van der Waals surface area contributed by atoms with Crippen molar-refractivity contribution >= 4 is 27.5 Å². The van der Waals surface area contributed by atoms with Crippen molar-refractivity contribution in [2.75, 3.05) is 0 Å². The second kappa shape index (κ2) is 6.84. The molecule has 0 aliphatic carbocycles. The lowest BCUT2D eigenvalue weighted by Gasteiger charge is -2.07. The molecule has 2 aromatic rings. The summed E-state index contributed by atoms with van der Waals surface area (Å²) >= 11 is 0. The topological polar surface area (TPSA) is 83.8 Å². The van der Waals surface area contributed by atoms with Gasteiger partial charge in [0.15, 0.2) is 0 Å². The fourth-order valence-corrected chi connectivity index (χ4v) is 4.27. The highest BCUT2D eigenvalue weighted by Gasteiger charge is 2.26. The molecule has 0 saturated carbocycles. The molecule has 26 heavy (non-hydrogen) atoms. The molecule has 0 fully saturated rings. The molecule has 1 N–H and O–H groups in total. The van der Waals surface area contributed by atoms with Gasteiger partial charge in [-0.05, 0) is 36.3 Å². The SMILES string of the molecule is CC1N=c2ccc(F)c(S(=O)(=O)C=Cc3ccccc3)c2=C1CC(=O)O. The lowest BCUT2D eigenvalue weighted by molar-refractivity contribution is -0.135. The van der Waals surface area contributed by atoms with Crippen molar-refractivity contribution in [1.82, 2.24) is 0 Å². The van der Waals surface area contributed by atoms with Gasteiger partial charge in [0.05, 0.1) is 17.8 Å². The van der Waals surface area contributed by atoms with E-state index in [1.54, 1.807) is 37.3 Å². The van der Waals surface area contributed by atoms with Crippen LogP contribution in [0.3, 0.4) is 0 Å². The van der Waals surface area contributed by atoms with Crippen molar-refractivity contribution in [3.8, 4) is 0 Å². The first-order valence-electron chi connectivity index (χ1n) is 7.89.